The first-order chi connectivity index (χ1) is 15.0. The van der Waals surface area contributed by atoms with Gasteiger partial charge in [0.05, 0.1) is 16.7 Å². The van der Waals surface area contributed by atoms with Crippen molar-refractivity contribution in [3.63, 3.8) is 0 Å². The van der Waals surface area contributed by atoms with Crippen LogP contribution in [0.4, 0.5) is 10.5 Å². The van der Waals surface area contributed by atoms with Gasteiger partial charge in [-0.3, -0.25) is 4.90 Å². The average molecular weight is 419 g/mol. The summed E-state index contributed by atoms with van der Waals surface area (Å²) in [5, 5.41) is 13.4. The highest BCUT2D eigenvalue weighted by Crippen LogP contribution is 2.38. The van der Waals surface area contributed by atoms with E-state index in [1.807, 2.05) is 19.1 Å². The highest BCUT2D eigenvalue weighted by atomic mass is 16.4. The normalized spacial score (nSPS) is 23.7. The van der Waals surface area contributed by atoms with E-state index in [1.54, 1.807) is 0 Å². The van der Waals surface area contributed by atoms with Crippen LogP contribution < -0.4 is 10.2 Å². The molecule has 6 nitrogen and oxygen atoms in total. The van der Waals surface area contributed by atoms with Gasteiger partial charge in [0.25, 0.3) is 0 Å². The van der Waals surface area contributed by atoms with Crippen LogP contribution in [0.3, 0.4) is 0 Å². The lowest BCUT2D eigenvalue weighted by Gasteiger charge is -2.33. The molecule has 2 N–H and O–H groups in total. The number of anilines is 1. The number of fused-ring (bicyclic) bond motifs is 3. The van der Waals surface area contributed by atoms with Crippen molar-refractivity contribution >= 4 is 22.8 Å². The van der Waals surface area contributed by atoms with E-state index in [4.69, 9.17) is 4.98 Å². The molecular weight excluding hydrogens is 388 g/mol. The molecule has 0 unspecified atom stereocenters. The molecule has 5 rings (SSSR count). The summed E-state index contributed by atoms with van der Waals surface area (Å²) in [4.78, 5) is 18.6. The number of hydrogen-bond acceptors (Lipinski definition) is 3. The molecule has 162 valence electrons. The van der Waals surface area contributed by atoms with Crippen LogP contribution in [-0.4, -0.2) is 39.4 Å². The third-order valence-corrected chi connectivity index (χ3v) is 6.90. The number of nitrogens with one attached hydrogen (secondary N) is 1. The van der Waals surface area contributed by atoms with E-state index in [1.165, 1.54) is 10.5 Å². The van der Waals surface area contributed by atoms with Crippen molar-refractivity contribution in [2.45, 2.75) is 64.1 Å². The summed E-state index contributed by atoms with van der Waals surface area (Å²) >= 11 is 0. The minimum atomic E-state index is -0.885. The number of imidazole rings is 1. The van der Waals surface area contributed by atoms with Gasteiger partial charge in [0.2, 0.25) is 0 Å². The van der Waals surface area contributed by atoms with Gasteiger partial charge in [0.15, 0.2) is 0 Å². The Labute approximate surface area is 182 Å². The highest BCUT2D eigenvalue weighted by molar-refractivity contribution is 5.94. The fourth-order valence-electron chi connectivity index (χ4n) is 5.39. The molecular formula is C25H30N4O2. The summed E-state index contributed by atoms with van der Waals surface area (Å²) in [7, 11) is 0. The lowest BCUT2D eigenvalue weighted by Crippen LogP contribution is -2.41. The van der Waals surface area contributed by atoms with E-state index in [9.17, 15) is 9.90 Å². The Balaban J connectivity index is 1.67. The highest BCUT2D eigenvalue weighted by Gasteiger charge is 2.32. The number of carboxylic acid groups (broad SMARTS) is 1. The topological polar surface area (TPSA) is 70.4 Å². The molecule has 0 aliphatic carbocycles. The van der Waals surface area contributed by atoms with Gasteiger partial charge in [-0.05, 0) is 63.8 Å². The predicted octanol–water partition coefficient (Wildman–Crippen LogP) is 4.76. The third-order valence-electron chi connectivity index (χ3n) is 6.90. The molecule has 3 atom stereocenters. The molecule has 31 heavy (non-hydrogen) atoms. The zero-order valence-electron chi connectivity index (χ0n) is 18.2. The predicted molar refractivity (Wildman–Crippen MR) is 123 cm³/mol. The maximum Gasteiger partial charge on any atom is 0.412 e. The Morgan fingerprint density at radius 1 is 1.16 bits per heavy atom. The molecule has 0 saturated carbocycles. The largest absolute Gasteiger partial charge is 0.465 e. The molecule has 1 amide bonds. The van der Waals surface area contributed by atoms with Gasteiger partial charge < -0.3 is 15.0 Å². The summed E-state index contributed by atoms with van der Waals surface area (Å²) in [6, 6.07) is 15.4. The molecule has 3 heterocycles. The number of aromatic nitrogens is 2. The first-order valence-electron chi connectivity index (χ1n) is 11.3. The fraction of sp³-hybridized carbons (Fsp3) is 0.440. The van der Waals surface area contributed by atoms with E-state index in [0.717, 1.165) is 66.8 Å². The van der Waals surface area contributed by atoms with E-state index < -0.39 is 6.09 Å². The Morgan fingerprint density at radius 2 is 1.97 bits per heavy atom. The number of hydrogen-bond donors (Lipinski definition) is 2. The van der Waals surface area contributed by atoms with Crippen molar-refractivity contribution in [3.8, 4) is 0 Å². The van der Waals surface area contributed by atoms with Gasteiger partial charge in [-0.2, -0.15) is 0 Å². The number of rotatable bonds is 3. The van der Waals surface area contributed by atoms with E-state index in [0.29, 0.717) is 12.1 Å². The van der Waals surface area contributed by atoms with Crippen LogP contribution >= 0.6 is 0 Å². The number of nitrogens with zero attached hydrogens (tertiary/aromatic N) is 3. The smallest absolute Gasteiger partial charge is 0.412 e. The van der Waals surface area contributed by atoms with Gasteiger partial charge in [-0.25, -0.2) is 9.78 Å². The van der Waals surface area contributed by atoms with Gasteiger partial charge in [0.1, 0.15) is 5.82 Å². The maximum atomic E-state index is 12.0. The van der Waals surface area contributed by atoms with E-state index in [-0.39, 0.29) is 6.04 Å². The van der Waals surface area contributed by atoms with Crippen molar-refractivity contribution in [1.82, 2.24) is 14.9 Å². The quantitative estimate of drug-likeness (QED) is 0.643. The Hall–Kier alpha value is -2.86. The lowest BCUT2D eigenvalue weighted by molar-refractivity contribution is 0.198. The van der Waals surface area contributed by atoms with E-state index >= 15 is 0 Å². The molecule has 0 bridgehead atoms. The monoisotopic (exact) mass is 418 g/mol. The van der Waals surface area contributed by atoms with E-state index in [2.05, 4.69) is 47.1 Å². The van der Waals surface area contributed by atoms with Crippen LogP contribution in [0, 0.1) is 0 Å². The summed E-state index contributed by atoms with van der Waals surface area (Å²) in [6.07, 6.45) is 3.73. The van der Waals surface area contributed by atoms with Crippen molar-refractivity contribution in [2.24, 2.45) is 0 Å². The third kappa shape index (κ3) is 3.59. The van der Waals surface area contributed by atoms with Crippen LogP contribution in [0.1, 0.15) is 56.1 Å². The zero-order valence-corrected chi connectivity index (χ0v) is 18.2. The molecule has 6 heteroatoms. The molecule has 1 fully saturated rings. The molecule has 1 saturated heterocycles. The second-order valence-electron chi connectivity index (χ2n) is 9.07. The molecule has 2 aromatic carbocycles. The van der Waals surface area contributed by atoms with Crippen molar-refractivity contribution < 1.29 is 9.90 Å². The lowest BCUT2D eigenvalue weighted by atomic mass is 9.95. The first-order valence-corrected chi connectivity index (χ1v) is 11.3. The minimum absolute atomic E-state index is 0.0152. The van der Waals surface area contributed by atoms with Gasteiger partial charge in [-0.1, -0.05) is 30.3 Å². The summed E-state index contributed by atoms with van der Waals surface area (Å²) in [5.74, 6) is 1.08. The Bertz CT molecular complexity index is 1110. The summed E-state index contributed by atoms with van der Waals surface area (Å²) in [6.45, 7) is 5.23. The standard InChI is InChI=1S/C25H30N4O2/c1-16-14-19(12-13-26-16)29-22-11-10-21-20(9-8-17(2)28(21)25(30)31)24(22)27-23(29)15-18-6-4-3-5-7-18/h3-7,10-11,16-17,19,26H,8-9,12-15H2,1-2H3,(H,30,31)/t16-,17-,19+/m0/s1. The minimum Gasteiger partial charge on any atom is -0.465 e. The SMILES string of the molecule is C[C@H]1C[C@H](n2c(Cc3ccccc3)nc3c4c(ccc32)N(C(=O)O)[C@@H](C)CC4)CCN1. The van der Waals surface area contributed by atoms with Crippen LogP contribution in [0.2, 0.25) is 0 Å². The van der Waals surface area contributed by atoms with Crippen molar-refractivity contribution in [1.29, 1.82) is 0 Å². The first kappa shape index (κ1) is 20.1. The number of carbonyl (C=O) groups is 1. The number of piperidine rings is 1. The molecule has 2 aliphatic heterocycles. The van der Waals surface area contributed by atoms with Crippen LogP contribution in [0.15, 0.2) is 42.5 Å². The number of aryl methyl sites for hydroxylation is 1. The number of benzene rings is 2. The maximum absolute atomic E-state index is 12.0. The van der Waals surface area contributed by atoms with Gasteiger partial charge in [0, 0.05) is 30.1 Å². The fourth-order valence-corrected chi connectivity index (χ4v) is 5.39. The van der Waals surface area contributed by atoms with Crippen LogP contribution in [0.5, 0.6) is 0 Å². The Kier molecular flexibility index (Phi) is 5.18. The van der Waals surface area contributed by atoms with Gasteiger partial charge >= 0.3 is 6.09 Å². The number of amides is 1. The second-order valence-corrected chi connectivity index (χ2v) is 9.07. The second kappa shape index (κ2) is 8.00. The molecule has 0 spiro atoms. The molecule has 3 aromatic rings. The van der Waals surface area contributed by atoms with Crippen molar-refractivity contribution in [3.05, 3.63) is 59.4 Å². The average Bonchev–Trinajstić information content (AvgIpc) is 3.12. The molecule has 2 aliphatic rings. The zero-order chi connectivity index (χ0) is 21.5. The summed E-state index contributed by atoms with van der Waals surface area (Å²) in [5.41, 5.74) is 5.24. The molecule has 0 radical (unpaired) electrons. The van der Waals surface area contributed by atoms with Crippen LogP contribution in [0.25, 0.3) is 11.0 Å². The van der Waals surface area contributed by atoms with Crippen LogP contribution in [-0.2, 0) is 12.8 Å². The van der Waals surface area contributed by atoms with Crippen molar-refractivity contribution in [2.75, 3.05) is 11.4 Å². The molecule has 1 aromatic heterocycles. The Morgan fingerprint density at radius 3 is 2.71 bits per heavy atom. The summed E-state index contributed by atoms with van der Waals surface area (Å²) < 4.78 is 2.45. The van der Waals surface area contributed by atoms with Gasteiger partial charge in [-0.15, -0.1) is 0 Å².